The Balaban J connectivity index is 1.27. The van der Waals surface area contributed by atoms with E-state index in [-0.39, 0.29) is 16.7 Å². The first-order valence-corrected chi connectivity index (χ1v) is 14.0. The van der Waals surface area contributed by atoms with Crippen molar-refractivity contribution in [3.05, 3.63) is 82.2 Å². The third-order valence-corrected chi connectivity index (χ3v) is 8.65. The predicted octanol–water partition coefficient (Wildman–Crippen LogP) is 9.03. The number of aromatic nitrogens is 2. The van der Waals surface area contributed by atoms with Crippen molar-refractivity contribution in [1.29, 1.82) is 0 Å². The summed E-state index contributed by atoms with van der Waals surface area (Å²) < 4.78 is 47.3. The van der Waals surface area contributed by atoms with Gasteiger partial charge in [-0.25, -0.2) is 0 Å². The third-order valence-electron chi connectivity index (χ3n) is 8.65. The van der Waals surface area contributed by atoms with Gasteiger partial charge in [0.2, 0.25) is 0 Å². The smallest absolute Gasteiger partial charge is 0.371 e. The zero-order valence-corrected chi connectivity index (χ0v) is 23.6. The van der Waals surface area contributed by atoms with Crippen LogP contribution >= 0.6 is 0 Å². The molecule has 2 aromatic heterocycles. The van der Waals surface area contributed by atoms with E-state index in [0.29, 0.717) is 11.2 Å². The molecule has 2 aromatic carbocycles. The van der Waals surface area contributed by atoms with E-state index in [1.807, 2.05) is 6.07 Å². The third kappa shape index (κ3) is 4.49. The monoisotopic (exact) mass is 545 g/mol. The van der Waals surface area contributed by atoms with E-state index < -0.39 is 11.7 Å². The van der Waals surface area contributed by atoms with E-state index in [1.54, 1.807) is 19.1 Å². The van der Waals surface area contributed by atoms with Gasteiger partial charge in [-0.15, -0.1) is 0 Å². The lowest BCUT2D eigenvalue weighted by Gasteiger charge is -2.47. The molecule has 1 fully saturated rings. The van der Waals surface area contributed by atoms with E-state index in [4.69, 9.17) is 4.52 Å². The molecule has 0 amide bonds. The number of aryl methyl sites for hydroxylation is 3. The molecule has 0 unspecified atom stereocenters. The van der Waals surface area contributed by atoms with Gasteiger partial charge in [-0.1, -0.05) is 43.3 Å². The van der Waals surface area contributed by atoms with Crippen LogP contribution in [0.2, 0.25) is 0 Å². The topological polar surface area (TPSA) is 42.2 Å². The summed E-state index contributed by atoms with van der Waals surface area (Å²) in [6.07, 6.45) is 0.853. The molecule has 7 heteroatoms. The molecule has 4 nitrogen and oxygen atoms in total. The van der Waals surface area contributed by atoms with Crippen LogP contribution in [0.3, 0.4) is 0 Å². The highest BCUT2D eigenvalue weighted by Crippen LogP contribution is 2.54. The van der Waals surface area contributed by atoms with Gasteiger partial charge in [0.15, 0.2) is 0 Å². The number of benzene rings is 2. The van der Waals surface area contributed by atoms with Crippen molar-refractivity contribution in [2.24, 2.45) is 5.41 Å². The molecule has 0 atom stereocenters. The van der Waals surface area contributed by atoms with Crippen molar-refractivity contribution in [3.63, 3.8) is 0 Å². The minimum Gasteiger partial charge on any atom is -0.371 e. The first kappa shape index (κ1) is 26.6. The molecule has 40 heavy (non-hydrogen) atoms. The number of hydrogen-bond donors (Lipinski definition) is 0. The fourth-order valence-corrected chi connectivity index (χ4v) is 6.56. The summed E-state index contributed by atoms with van der Waals surface area (Å²) in [5.41, 5.74) is 7.91. The average Bonchev–Trinajstić information content (AvgIpc) is 3.30. The Kier molecular flexibility index (Phi) is 6.32. The Morgan fingerprint density at radius 2 is 1.62 bits per heavy atom. The second kappa shape index (κ2) is 9.50. The summed E-state index contributed by atoms with van der Waals surface area (Å²) in [4.78, 5) is 6.54. The maximum atomic E-state index is 13.8. The number of anilines is 1. The molecule has 4 aromatic rings. The number of nitrogens with zero attached hydrogens (tertiary/aromatic N) is 3. The number of alkyl halides is 3. The minimum absolute atomic E-state index is 0.0993. The van der Waals surface area contributed by atoms with Crippen molar-refractivity contribution in [1.82, 2.24) is 10.1 Å². The Bertz CT molecular complexity index is 1620. The summed E-state index contributed by atoms with van der Waals surface area (Å²) >= 11 is 0. The van der Waals surface area contributed by atoms with Gasteiger partial charge in [0, 0.05) is 46.9 Å². The van der Waals surface area contributed by atoms with Crippen LogP contribution in [0, 0.1) is 26.2 Å². The molecule has 3 heterocycles. The van der Waals surface area contributed by atoms with Gasteiger partial charge in [0.25, 0.3) is 0 Å². The van der Waals surface area contributed by atoms with Gasteiger partial charge in [0.05, 0.1) is 11.1 Å². The van der Waals surface area contributed by atoms with Crippen molar-refractivity contribution in [3.8, 4) is 11.3 Å². The molecule has 0 radical (unpaired) electrons. The molecule has 6 rings (SSSR count). The zero-order valence-electron chi connectivity index (χ0n) is 23.6. The Hall–Kier alpha value is -3.61. The van der Waals surface area contributed by atoms with Gasteiger partial charge < -0.3 is 9.42 Å². The normalized spacial score (nSPS) is 17.0. The fourth-order valence-electron chi connectivity index (χ4n) is 6.56. The van der Waals surface area contributed by atoms with E-state index in [9.17, 15) is 13.2 Å². The first-order chi connectivity index (χ1) is 19.0. The molecule has 1 aliphatic heterocycles. The van der Waals surface area contributed by atoms with Crippen LogP contribution in [0.15, 0.2) is 53.1 Å². The lowest BCUT2D eigenvalue weighted by atomic mass is 9.63. The quantitative estimate of drug-likeness (QED) is 0.257. The lowest BCUT2D eigenvalue weighted by molar-refractivity contribution is -0.136. The summed E-state index contributed by atoms with van der Waals surface area (Å²) in [7, 11) is 0. The van der Waals surface area contributed by atoms with Gasteiger partial charge in [-0.2, -0.15) is 13.2 Å². The SMILES string of the molecule is Cc1cc(C(F)(F)F)c2cc(N3CCC4(C=C(c5c(-c6c(C)cccc6C)noc5C(C)C)C4)CC3)ccc2n1. The molecule has 1 spiro atoms. The van der Waals surface area contributed by atoms with Crippen LogP contribution in [-0.2, 0) is 6.18 Å². The highest BCUT2D eigenvalue weighted by Gasteiger charge is 2.42. The Morgan fingerprint density at radius 1 is 0.950 bits per heavy atom. The molecule has 208 valence electrons. The summed E-state index contributed by atoms with van der Waals surface area (Å²) in [5.74, 6) is 1.14. The van der Waals surface area contributed by atoms with Crippen LogP contribution in [-0.4, -0.2) is 23.2 Å². The van der Waals surface area contributed by atoms with E-state index in [1.165, 1.54) is 16.7 Å². The predicted molar refractivity (Wildman–Crippen MR) is 153 cm³/mol. The number of allylic oxidation sites excluding steroid dienone is 2. The molecular weight excluding hydrogens is 511 g/mol. The highest BCUT2D eigenvalue weighted by molar-refractivity contribution is 5.87. The molecule has 0 bridgehead atoms. The maximum absolute atomic E-state index is 13.8. The van der Waals surface area contributed by atoms with Crippen molar-refractivity contribution in [2.75, 3.05) is 18.0 Å². The van der Waals surface area contributed by atoms with Crippen molar-refractivity contribution >= 4 is 22.2 Å². The second-order valence-corrected chi connectivity index (χ2v) is 11.9. The van der Waals surface area contributed by atoms with Crippen LogP contribution in [0.1, 0.15) is 72.7 Å². The van der Waals surface area contributed by atoms with E-state index >= 15 is 0 Å². The average molecular weight is 546 g/mol. The van der Waals surface area contributed by atoms with Crippen LogP contribution in [0.25, 0.3) is 27.7 Å². The standard InChI is InChI=1S/C33H34F3N3O/c1-19(2)31-29(30(38-40-31)28-20(3)7-6-8-21(28)4)23-17-32(18-23)11-13-39(14-12-32)24-9-10-27-25(16-24)26(33(34,35)36)15-22(5)37-27/h6-10,15-17,19H,11-14,18H2,1-5H3. The summed E-state index contributed by atoms with van der Waals surface area (Å²) in [5, 5.41) is 4.72. The molecule has 2 aliphatic rings. The van der Waals surface area contributed by atoms with E-state index in [0.717, 1.165) is 66.7 Å². The van der Waals surface area contributed by atoms with Crippen LogP contribution in [0.5, 0.6) is 0 Å². The number of fused-ring (bicyclic) bond motifs is 1. The lowest BCUT2D eigenvalue weighted by Crippen LogP contribution is -2.42. The molecule has 1 saturated heterocycles. The van der Waals surface area contributed by atoms with E-state index in [2.05, 4.69) is 67.0 Å². The van der Waals surface area contributed by atoms with Crippen LogP contribution in [0.4, 0.5) is 18.9 Å². The molecule has 1 aliphatic carbocycles. The number of piperidine rings is 1. The highest BCUT2D eigenvalue weighted by atomic mass is 19.4. The Morgan fingerprint density at radius 3 is 2.25 bits per heavy atom. The zero-order chi connectivity index (χ0) is 28.4. The molecule has 0 N–H and O–H groups in total. The number of pyridine rings is 1. The first-order valence-electron chi connectivity index (χ1n) is 14.0. The number of halogens is 3. The van der Waals surface area contributed by atoms with Crippen molar-refractivity contribution < 1.29 is 17.7 Å². The molecule has 0 saturated carbocycles. The van der Waals surface area contributed by atoms with Crippen LogP contribution < -0.4 is 4.90 Å². The molecular formula is C33H34F3N3O. The largest absolute Gasteiger partial charge is 0.417 e. The second-order valence-electron chi connectivity index (χ2n) is 11.9. The van der Waals surface area contributed by atoms with Gasteiger partial charge >= 0.3 is 6.18 Å². The van der Waals surface area contributed by atoms with Gasteiger partial charge in [-0.3, -0.25) is 4.98 Å². The maximum Gasteiger partial charge on any atom is 0.417 e. The number of rotatable bonds is 4. The minimum atomic E-state index is -4.42. The fraction of sp³-hybridized carbons (Fsp3) is 0.394. The van der Waals surface area contributed by atoms with Crippen molar-refractivity contribution in [2.45, 2.75) is 66.0 Å². The van der Waals surface area contributed by atoms with Gasteiger partial charge in [-0.05, 0) is 86.4 Å². The summed E-state index contributed by atoms with van der Waals surface area (Å²) in [6.45, 7) is 11.7. The van der Waals surface area contributed by atoms with Gasteiger partial charge in [0.1, 0.15) is 11.5 Å². The Labute approximate surface area is 232 Å². The number of hydrogen-bond acceptors (Lipinski definition) is 4. The summed E-state index contributed by atoms with van der Waals surface area (Å²) in [6, 6.07) is 12.7.